The number of rotatable bonds is 7. The Morgan fingerprint density at radius 1 is 1.12 bits per heavy atom. The molecule has 1 aliphatic rings. The molecule has 1 aliphatic carbocycles. The number of hydrogen-bond acceptors (Lipinski definition) is 4. The van der Waals surface area contributed by atoms with Crippen LogP contribution in [0.1, 0.15) is 37.7 Å². The average Bonchev–Trinajstić information content (AvgIpc) is 2.60. The molecule has 0 aliphatic heterocycles. The molecule has 24 heavy (non-hydrogen) atoms. The van der Waals surface area contributed by atoms with Gasteiger partial charge in [0.1, 0.15) is 11.5 Å². The quantitative estimate of drug-likeness (QED) is 0.799. The molecular weight excluding hydrogens is 310 g/mol. The summed E-state index contributed by atoms with van der Waals surface area (Å²) in [6, 6.07) is 5.33. The van der Waals surface area contributed by atoms with Crippen molar-refractivity contribution in [3.8, 4) is 11.5 Å². The minimum atomic E-state index is -0.835. The smallest absolute Gasteiger partial charge is 0.311 e. The molecule has 0 atom stereocenters. The van der Waals surface area contributed by atoms with Crippen LogP contribution in [-0.4, -0.2) is 37.7 Å². The van der Waals surface area contributed by atoms with Crippen molar-refractivity contribution < 1.29 is 24.2 Å². The van der Waals surface area contributed by atoms with Crippen LogP contribution in [0.4, 0.5) is 0 Å². The Morgan fingerprint density at radius 3 is 2.21 bits per heavy atom. The number of amides is 1. The second kappa shape index (κ2) is 8.04. The number of aliphatic carboxylic acids is 1. The minimum Gasteiger partial charge on any atom is -0.496 e. The highest BCUT2D eigenvalue weighted by atomic mass is 16.5. The Bertz CT molecular complexity index is 571. The zero-order valence-corrected chi connectivity index (χ0v) is 14.3. The van der Waals surface area contributed by atoms with Gasteiger partial charge in [-0.3, -0.25) is 9.59 Å². The molecule has 132 valence electrons. The maximum absolute atomic E-state index is 12.3. The van der Waals surface area contributed by atoms with Crippen LogP contribution in [0.5, 0.6) is 11.5 Å². The van der Waals surface area contributed by atoms with Crippen LogP contribution < -0.4 is 14.8 Å². The molecule has 2 rings (SSSR count). The van der Waals surface area contributed by atoms with Gasteiger partial charge in [0.05, 0.1) is 26.1 Å². The van der Waals surface area contributed by atoms with Gasteiger partial charge in [-0.25, -0.2) is 0 Å². The highest BCUT2D eigenvalue weighted by molar-refractivity contribution is 5.82. The number of nitrogens with one attached hydrogen (secondary N) is 1. The zero-order chi connectivity index (χ0) is 17.6. The molecule has 1 fully saturated rings. The van der Waals surface area contributed by atoms with Gasteiger partial charge in [0.2, 0.25) is 5.91 Å². The molecule has 0 heterocycles. The maximum atomic E-state index is 12.3. The average molecular weight is 335 g/mol. The van der Waals surface area contributed by atoms with Gasteiger partial charge in [0.15, 0.2) is 0 Å². The number of carboxylic acids is 1. The molecule has 6 heteroatoms. The van der Waals surface area contributed by atoms with E-state index >= 15 is 0 Å². The number of benzene rings is 1. The summed E-state index contributed by atoms with van der Waals surface area (Å²) < 4.78 is 10.6. The molecule has 2 N–H and O–H groups in total. The van der Waals surface area contributed by atoms with E-state index in [4.69, 9.17) is 9.47 Å². The first-order valence-corrected chi connectivity index (χ1v) is 8.22. The largest absolute Gasteiger partial charge is 0.496 e. The van der Waals surface area contributed by atoms with Crippen molar-refractivity contribution in [2.24, 2.45) is 5.41 Å². The van der Waals surface area contributed by atoms with Crippen molar-refractivity contribution >= 4 is 11.9 Å². The molecule has 0 aromatic heterocycles. The van der Waals surface area contributed by atoms with E-state index in [1.807, 2.05) is 0 Å². The summed E-state index contributed by atoms with van der Waals surface area (Å²) in [6.45, 7) is 0.165. The first-order valence-electron chi connectivity index (χ1n) is 8.22. The highest BCUT2D eigenvalue weighted by Gasteiger charge is 2.39. The van der Waals surface area contributed by atoms with Crippen molar-refractivity contribution in [3.63, 3.8) is 0 Å². The Morgan fingerprint density at radius 2 is 1.71 bits per heavy atom. The Labute approximate surface area is 142 Å². The van der Waals surface area contributed by atoms with E-state index in [1.54, 1.807) is 18.2 Å². The van der Waals surface area contributed by atoms with E-state index in [-0.39, 0.29) is 18.9 Å². The van der Waals surface area contributed by atoms with Gasteiger partial charge in [-0.05, 0) is 25.0 Å². The number of carboxylic acid groups (broad SMARTS) is 1. The minimum absolute atomic E-state index is 0.0862. The summed E-state index contributed by atoms with van der Waals surface area (Å²) in [5, 5.41) is 12.4. The van der Waals surface area contributed by atoms with E-state index < -0.39 is 11.4 Å². The van der Waals surface area contributed by atoms with E-state index in [1.165, 1.54) is 14.2 Å². The molecule has 1 aromatic rings. The van der Waals surface area contributed by atoms with Crippen LogP contribution in [-0.2, 0) is 16.0 Å². The molecular formula is C18H25NO5. The van der Waals surface area contributed by atoms with Crippen molar-refractivity contribution in [1.82, 2.24) is 5.32 Å². The number of carbonyl (C=O) groups excluding carboxylic acids is 1. The Hall–Kier alpha value is -2.24. The van der Waals surface area contributed by atoms with E-state index in [0.29, 0.717) is 29.9 Å². The van der Waals surface area contributed by atoms with Gasteiger partial charge in [-0.15, -0.1) is 0 Å². The van der Waals surface area contributed by atoms with E-state index in [9.17, 15) is 14.7 Å². The molecule has 0 spiro atoms. The van der Waals surface area contributed by atoms with Crippen LogP contribution in [0.15, 0.2) is 18.2 Å². The van der Waals surface area contributed by atoms with Gasteiger partial charge in [-0.1, -0.05) is 25.3 Å². The molecule has 1 saturated carbocycles. The number of hydrogen-bond donors (Lipinski definition) is 2. The Kier molecular flexibility index (Phi) is 6.06. The second-order valence-electron chi connectivity index (χ2n) is 6.24. The fourth-order valence-corrected chi connectivity index (χ4v) is 3.29. The number of methoxy groups -OCH3 is 2. The summed E-state index contributed by atoms with van der Waals surface area (Å²) in [7, 11) is 3.08. The monoisotopic (exact) mass is 335 g/mol. The normalized spacial score (nSPS) is 16.2. The van der Waals surface area contributed by atoms with Crippen molar-refractivity contribution in [2.45, 2.75) is 38.5 Å². The predicted octanol–water partition coefficient (Wildman–Crippen LogP) is 2.40. The summed E-state index contributed by atoms with van der Waals surface area (Å²) in [5.74, 6) is 0.103. The van der Waals surface area contributed by atoms with Crippen LogP contribution >= 0.6 is 0 Å². The van der Waals surface area contributed by atoms with Gasteiger partial charge < -0.3 is 19.9 Å². The van der Waals surface area contributed by atoms with Crippen molar-refractivity contribution in [1.29, 1.82) is 0 Å². The lowest BCUT2D eigenvalue weighted by molar-refractivity contribution is -0.151. The summed E-state index contributed by atoms with van der Waals surface area (Å²) in [4.78, 5) is 24.0. The predicted molar refractivity (Wildman–Crippen MR) is 89.4 cm³/mol. The molecule has 0 unspecified atom stereocenters. The zero-order valence-electron chi connectivity index (χ0n) is 14.3. The van der Waals surface area contributed by atoms with Gasteiger partial charge in [-0.2, -0.15) is 0 Å². The molecule has 0 bridgehead atoms. The van der Waals surface area contributed by atoms with Crippen LogP contribution in [0, 0.1) is 5.41 Å². The lowest BCUT2D eigenvalue weighted by atomic mass is 9.74. The lowest BCUT2D eigenvalue weighted by Crippen LogP contribution is -2.44. The van der Waals surface area contributed by atoms with Gasteiger partial charge in [0.25, 0.3) is 0 Å². The van der Waals surface area contributed by atoms with Gasteiger partial charge in [0, 0.05) is 12.1 Å². The summed E-state index contributed by atoms with van der Waals surface area (Å²) in [6.07, 6.45) is 4.15. The van der Waals surface area contributed by atoms with E-state index in [2.05, 4.69) is 5.32 Å². The van der Waals surface area contributed by atoms with Gasteiger partial charge >= 0.3 is 5.97 Å². The fraction of sp³-hybridized carbons (Fsp3) is 0.556. The molecule has 6 nitrogen and oxygen atoms in total. The van der Waals surface area contributed by atoms with Crippen molar-refractivity contribution in [2.75, 3.05) is 20.8 Å². The number of ether oxygens (including phenoxy) is 2. The van der Waals surface area contributed by atoms with Crippen LogP contribution in [0.3, 0.4) is 0 Å². The maximum Gasteiger partial charge on any atom is 0.311 e. The van der Waals surface area contributed by atoms with Crippen LogP contribution in [0.2, 0.25) is 0 Å². The first-order chi connectivity index (χ1) is 11.5. The first kappa shape index (κ1) is 18.1. The topological polar surface area (TPSA) is 84.9 Å². The number of carbonyl (C=O) groups is 2. The summed E-state index contributed by atoms with van der Waals surface area (Å²) in [5.41, 5.74) is -0.174. The fourth-order valence-electron chi connectivity index (χ4n) is 3.29. The van der Waals surface area contributed by atoms with Crippen LogP contribution in [0.25, 0.3) is 0 Å². The third-order valence-corrected chi connectivity index (χ3v) is 4.76. The molecule has 1 aromatic carbocycles. The third kappa shape index (κ3) is 3.99. The third-order valence-electron chi connectivity index (χ3n) is 4.76. The van der Waals surface area contributed by atoms with E-state index in [0.717, 1.165) is 19.3 Å². The highest BCUT2D eigenvalue weighted by Crippen LogP contribution is 2.36. The lowest BCUT2D eigenvalue weighted by Gasteiger charge is -2.33. The molecule has 0 radical (unpaired) electrons. The Balaban J connectivity index is 2.04. The molecule has 0 saturated heterocycles. The standard InChI is InChI=1S/C18H25NO5/c1-23-14-7-6-8-15(24-2)13(14)11-16(20)19-12-18(17(21)22)9-4-3-5-10-18/h6-8H,3-5,9-12H2,1-2H3,(H,19,20)(H,21,22). The molecule has 1 amide bonds. The summed E-state index contributed by atoms with van der Waals surface area (Å²) >= 11 is 0. The second-order valence-corrected chi connectivity index (χ2v) is 6.24. The van der Waals surface area contributed by atoms with Crippen molar-refractivity contribution in [3.05, 3.63) is 23.8 Å². The SMILES string of the molecule is COc1cccc(OC)c1CC(=O)NCC1(C(=O)O)CCCCC1.